The van der Waals surface area contributed by atoms with Crippen molar-refractivity contribution in [1.29, 1.82) is 0 Å². The van der Waals surface area contributed by atoms with Gasteiger partial charge < -0.3 is 4.74 Å². The molecule has 14 heavy (non-hydrogen) atoms. The fraction of sp³-hybridized carbons (Fsp3) is 0.818. The van der Waals surface area contributed by atoms with Gasteiger partial charge in [-0.25, -0.2) is 4.79 Å². The van der Waals surface area contributed by atoms with E-state index in [-0.39, 0.29) is 0 Å². The Hall–Kier alpha value is -0.860. The van der Waals surface area contributed by atoms with E-state index in [1.807, 2.05) is 6.92 Å². The Morgan fingerprint density at radius 3 is 2.29 bits per heavy atom. The van der Waals surface area contributed by atoms with Crippen molar-refractivity contribution in [3.63, 3.8) is 0 Å². The molecule has 0 atom stereocenters. The lowest BCUT2D eigenvalue weighted by molar-refractivity contribution is -0.154. The summed E-state index contributed by atoms with van der Waals surface area (Å²) in [5, 5.41) is 0. The molecule has 0 aromatic rings. The van der Waals surface area contributed by atoms with E-state index in [4.69, 9.17) is 4.74 Å². The first kappa shape index (κ1) is 13.1. The molecule has 0 heterocycles. The van der Waals surface area contributed by atoms with Crippen LogP contribution in [0.5, 0.6) is 0 Å². The molecule has 82 valence electrons. The summed E-state index contributed by atoms with van der Waals surface area (Å²) in [6, 6.07) is 0. The van der Waals surface area contributed by atoms with Gasteiger partial charge in [0, 0.05) is 6.42 Å². The maximum atomic E-state index is 11.0. The van der Waals surface area contributed by atoms with Crippen LogP contribution in [0.15, 0.2) is 0 Å². The summed E-state index contributed by atoms with van der Waals surface area (Å²) in [4.78, 5) is 22.0. The summed E-state index contributed by atoms with van der Waals surface area (Å²) >= 11 is 0. The largest absolute Gasteiger partial charge is 0.460 e. The Morgan fingerprint density at radius 2 is 1.71 bits per heavy atom. The molecule has 0 bridgehead atoms. The predicted octanol–water partition coefficient (Wildman–Crippen LogP) is 2.48. The van der Waals surface area contributed by atoms with Crippen molar-refractivity contribution in [3.05, 3.63) is 0 Å². The zero-order valence-corrected chi connectivity index (χ0v) is 9.17. The van der Waals surface area contributed by atoms with Gasteiger partial charge in [0.25, 0.3) is 0 Å². The summed E-state index contributed by atoms with van der Waals surface area (Å²) in [5.41, 5.74) is 0. The fourth-order valence-corrected chi connectivity index (χ4v) is 1.10. The SMILES string of the molecule is CCCCCCOC(=O)C(=O)CCC. The monoisotopic (exact) mass is 200 g/mol. The highest BCUT2D eigenvalue weighted by atomic mass is 16.5. The van der Waals surface area contributed by atoms with Crippen LogP contribution in [0.25, 0.3) is 0 Å². The van der Waals surface area contributed by atoms with Gasteiger partial charge in [-0.1, -0.05) is 33.1 Å². The van der Waals surface area contributed by atoms with E-state index in [2.05, 4.69) is 6.92 Å². The van der Waals surface area contributed by atoms with Crippen LogP contribution in [0.4, 0.5) is 0 Å². The third-order valence-corrected chi connectivity index (χ3v) is 1.94. The van der Waals surface area contributed by atoms with Crippen molar-refractivity contribution in [2.45, 2.75) is 52.4 Å². The van der Waals surface area contributed by atoms with Crippen molar-refractivity contribution < 1.29 is 14.3 Å². The number of hydrogen-bond donors (Lipinski definition) is 0. The molecule has 0 aromatic heterocycles. The van der Waals surface area contributed by atoms with E-state index in [1.54, 1.807) is 0 Å². The first-order chi connectivity index (χ1) is 6.72. The molecule has 0 rings (SSSR count). The molecule has 0 aliphatic rings. The fourth-order valence-electron chi connectivity index (χ4n) is 1.10. The van der Waals surface area contributed by atoms with Crippen LogP contribution < -0.4 is 0 Å². The Morgan fingerprint density at radius 1 is 1.00 bits per heavy atom. The number of esters is 1. The number of carbonyl (C=O) groups excluding carboxylic acids is 2. The molecule has 3 heteroatoms. The molecular weight excluding hydrogens is 180 g/mol. The number of ether oxygens (including phenoxy) is 1. The Bertz CT molecular complexity index is 175. The molecule has 0 spiro atoms. The van der Waals surface area contributed by atoms with Crippen molar-refractivity contribution in [3.8, 4) is 0 Å². The van der Waals surface area contributed by atoms with Crippen LogP contribution in [0.1, 0.15) is 52.4 Å². The molecule has 0 amide bonds. The second-order valence-corrected chi connectivity index (χ2v) is 3.37. The minimum atomic E-state index is -0.664. The predicted molar refractivity (Wildman–Crippen MR) is 55.0 cm³/mol. The Balaban J connectivity index is 3.39. The van der Waals surface area contributed by atoms with Crippen LogP contribution in [0.3, 0.4) is 0 Å². The smallest absolute Gasteiger partial charge is 0.374 e. The van der Waals surface area contributed by atoms with Crippen molar-refractivity contribution in [1.82, 2.24) is 0 Å². The number of Topliss-reactive ketones (excluding diaryl/α,β-unsaturated/α-hetero) is 1. The van der Waals surface area contributed by atoms with E-state index in [9.17, 15) is 9.59 Å². The van der Waals surface area contributed by atoms with Crippen molar-refractivity contribution in [2.24, 2.45) is 0 Å². The Labute approximate surface area is 85.8 Å². The van der Waals surface area contributed by atoms with Crippen LogP contribution in [-0.4, -0.2) is 18.4 Å². The van der Waals surface area contributed by atoms with Gasteiger partial charge in [0.05, 0.1) is 6.61 Å². The minimum Gasteiger partial charge on any atom is -0.460 e. The van der Waals surface area contributed by atoms with Crippen LogP contribution in [0.2, 0.25) is 0 Å². The molecule has 0 unspecified atom stereocenters. The molecule has 0 fully saturated rings. The zero-order valence-electron chi connectivity index (χ0n) is 9.17. The zero-order chi connectivity index (χ0) is 10.8. The third kappa shape index (κ3) is 6.63. The summed E-state index contributed by atoms with van der Waals surface area (Å²) in [7, 11) is 0. The topological polar surface area (TPSA) is 43.4 Å². The summed E-state index contributed by atoms with van der Waals surface area (Å²) in [5.74, 6) is -1.06. The quantitative estimate of drug-likeness (QED) is 0.343. The molecule has 0 saturated heterocycles. The average Bonchev–Trinajstić information content (AvgIpc) is 2.17. The molecule has 0 aliphatic heterocycles. The molecule has 0 saturated carbocycles. The normalized spacial score (nSPS) is 9.86. The maximum Gasteiger partial charge on any atom is 0.374 e. The van der Waals surface area contributed by atoms with Crippen molar-refractivity contribution >= 4 is 11.8 Å². The second-order valence-electron chi connectivity index (χ2n) is 3.37. The molecule has 0 aliphatic carbocycles. The highest BCUT2D eigenvalue weighted by Gasteiger charge is 2.12. The highest BCUT2D eigenvalue weighted by Crippen LogP contribution is 2.00. The lowest BCUT2D eigenvalue weighted by Crippen LogP contribution is -2.17. The van der Waals surface area contributed by atoms with Crippen LogP contribution >= 0.6 is 0 Å². The first-order valence-corrected chi connectivity index (χ1v) is 5.42. The van der Waals surface area contributed by atoms with E-state index < -0.39 is 11.8 Å². The van der Waals surface area contributed by atoms with Gasteiger partial charge in [0.1, 0.15) is 0 Å². The molecule has 3 nitrogen and oxygen atoms in total. The molecule has 0 aromatic carbocycles. The van der Waals surface area contributed by atoms with Crippen LogP contribution in [0, 0.1) is 0 Å². The van der Waals surface area contributed by atoms with Gasteiger partial charge in [-0.2, -0.15) is 0 Å². The highest BCUT2D eigenvalue weighted by molar-refractivity contribution is 6.33. The van der Waals surface area contributed by atoms with Gasteiger partial charge in [-0.05, 0) is 12.8 Å². The number of unbranched alkanes of at least 4 members (excludes halogenated alkanes) is 3. The van der Waals surface area contributed by atoms with E-state index in [1.165, 1.54) is 0 Å². The van der Waals surface area contributed by atoms with E-state index >= 15 is 0 Å². The maximum absolute atomic E-state index is 11.0. The summed E-state index contributed by atoms with van der Waals surface area (Å²) in [6.45, 7) is 4.37. The van der Waals surface area contributed by atoms with Gasteiger partial charge in [0.2, 0.25) is 5.78 Å². The number of rotatable bonds is 8. The van der Waals surface area contributed by atoms with Gasteiger partial charge in [-0.15, -0.1) is 0 Å². The van der Waals surface area contributed by atoms with Crippen molar-refractivity contribution in [2.75, 3.05) is 6.61 Å². The average molecular weight is 200 g/mol. The second kappa shape index (κ2) is 8.73. The lowest BCUT2D eigenvalue weighted by Gasteiger charge is -2.02. The number of hydrogen-bond acceptors (Lipinski definition) is 3. The first-order valence-electron chi connectivity index (χ1n) is 5.42. The molecule has 0 radical (unpaired) electrons. The Kier molecular flexibility index (Phi) is 8.19. The molecular formula is C11H20O3. The van der Waals surface area contributed by atoms with Crippen LogP contribution in [-0.2, 0) is 14.3 Å². The lowest BCUT2D eigenvalue weighted by atomic mass is 10.2. The summed E-state index contributed by atoms with van der Waals surface area (Å²) < 4.78 is 4.81. The minimum absolute atomic E-state index is 0.299. The molecule has 0 N–H and O–H groups in total. The van der Waals surface area contributed by atoms with Gasteiger partial charge >= 0.3 is 5.97 Å². The van der Waals surface area contributed by atoms with Gasteiger partial charge in [0.15, 0.2) is 0 Å². The van der Waals surface area contributed by atoms with Gasteiger partial charge in [-0.3, -0.25) is 4.79 Å². The standard InChI is InChI=1S/C11H20O3/c1-3-5-6-7-9-14-11(13)10(12)8-4-2/h3-9H2,1-2H3. The van der Waals surface area contributed by atoms with E-state index in [0.29, 0.717) is 19.4 Å². The number of ketones is 1. The third-order valence-electron chi connectivity index (χ3n) is 1.94. The summed E-state index contributed by atoms with van der Waals surface area (Å²) in [6.07, 6.45) is 5.23. The van der Waals surface area contributed by atoms with E-state index in [0.717, 1.165) is 25.7 Å². The number of carbonyl (C=O) groups is 2.